The second kappa shape index (κ2) is 18.6. The number of hydrogen-bond acceptors (Lipinski definition) is 3. The summed E-state index contributed by atoms with van der Waals surface area (Å²) in [6.45, 7) is 11.9. The summed E-state index contributed by atoms with van der Waals surface area (Å²) >= 11 is 0. The molecule has 0 atom stereocenters. The Morgan fingerprint density at radius 2 is 1.33 bits per heavy atom. The van der Waals surface area contributed by atoms with E-state index < -0.39 is 8.07 Å². The fourth-order valence-corrected chi connectivity index (χ4v) is 11.1. The van der Waals surface area contributed by atoms with Crippen molar-refractivity contribution in [2.45, 2.75) is 97.7 Å². The quantitative estimate of drug-likeness (QED) is 0.112. The van der Waals surface area contributed by atoms with Gasteiger partial charge in [-0.15, -0.1) is 53.1 Å². The Hall–Kier alpha value is -4.93. The predicted molar refractivity (Wildman–Crippen MR) is 254 cm³/mol. The number of nitrogens with zero attached hydrogens (tertiary/aromatic N) is 2. The number of hydrogen-bond donors (Lipinski definition) is 0. The number of pyridine rings is 2. The Morgan fingerprint density at radius 1 is 0.656 bits per heavy atom. The minimum absolute atomic E-state index is 0. The third-order valence-electron chi connectivity index (χ3n) is 12.5. The van der Waals surface area contributed by atoms with Crippen LogP contribution in [0.4, 0.5) is 0 Å². The smallest absolute Gasteiger partial charge is 0.121 e. The SMILES string of the molecule is CC(C)Cc1cc(-c2[c-]ccc3c2CCCC3)ncc1[Si](C)(C)C.[Ir].[c-]1ccc2c(oc3cc(-c4ccc(Cc5ccccc5)cc4)ccc32)c1-c1nccc2c1CCCC2. The van der Waals surface area contributed by atoms with Gasteiger partial charge >= 0.3 is 0 Å². The first-order chi connectivity index (χ1) is 29.2. The van der Waals surface area contributed by atoms with Crippen molar-refractivity contribution in [2.24, 2.45) is 5.92 Å². The van der Waals surface area contributed by atoms with Crippen molar-refractivity contribution in [3.05, 3.63) is 173 Å². The van der Waals surface area contributed by atoms with Crippen LogP contribution in [0.1, 0.15) is 78.5 Å². The van der Waals surface area contributed by atoms with Crippen molar-refractivity contribution >= 4 is 35.2 Å². The van der Waals surface area contributed by atoms with Gasteiger partial charge < -0.3 is 14.4 Å². The summed E-state index contributed by atoms with van der Waals surface area (Å²) in [5.41, 5.74) is 18.5. The van der Waals surface area contributed by atoms with Gasteiger partial charge in [-0.1, -0.05) is 153 Å². The van der Waals surface area contributed by atoms with Gasteiger partial charge in [-0.3, -0.25) is 0 Å². The van der Waals surface area contributed by atoms with Crippen LogP contribution in [-0.4, -0.2) is 18.0 Å². The molecule has 0 aliphatic heterocycles. The molecule has 10 rings (SSSR count). The third kappa shape index (κ3) is 9.31. The van der Waals surface area contributed by atoms with Crippen LogP contribution >= 0.6 is 0 Å². The molecular weight excluding hydrogens is 937 g/mol. The van der Waals surface area contributed by atoms with Crippen LogP contribution in [0.3, 0.4) is 0 Å². The summed E-state index contributed by atoms with van der Waals surface area (Å²) in [6.07, 6.45) is 15.9. The second-order valence-electron chi connectivity index (χ2n) is 18.4. The molecule has 311 valence electrons. The molecule has 0 unspecified atom stereocenters. The second-order valence-corrected chi connectivity index (χ2v) is 23.4. The van der Waals surface area contributed by atoms with Crippen molar-refractivity contribution in [1.29, 1.82) is 0 Å². The molecule has 1 radical (unpaired) electrons. The fourth-order valence-electron chi connectivity index (χ4n) is 9.48. The summed E-state index contributed by atoms with van der Waals surface area (Å²) < 4.78 is 6.52. The van der Waals surface area contributed by atoms with Crippen molar-refractivity contribution < 1.29 is 24.5 Å². The summed E-state index contributed by atoms with van der Waals surface area (Å²) in [4.78, 5) is 9.69. The van der Waals surface area contributed by atoms with Crippen LogP contribution in [0.2, 0.25) is 19.6 Å². The zero-order valence-corrected chi connectivity index (χ0v) is 39.7. The van der Waals surface area contributed by atoms with E-state index in [1.165, 1.54) is 93.8 Å². The normalized spacial score (nSPS) is 13.6. The third-order valence-corrected chi connectivity index (χ3v) is 14.6. The summed E-state index contributed by atoms with van der Waals surface area (Å²) in [5, 5.41) is 3.78. The first-order valence-corrected chi connectivity index (χ1v) is 25.7. The molecular formula is C56H56IrN2OSi-2. The minimum atomic E-state index is -1.37. The maximum Gasteiger partial charge on any atom is 0.121 e. The van der Waals surface area contributed by atoms with E-state index in [1.54, 1.807) is 0 Å². The van der Waals surface area contributed by atoms with E-state index in [1.807, 2.05) is 12.3 Å². The van der Waals surface area contributed by atoms with E-state index in [-0.39, 0.29) is 20.1 Å². The van der Waals surface area contributed by atoms with Crippen molar-refractivity contribution in [3.63, 3.8) is 0 Å². The average Bonchev–Trinajstić information content (AvgIpc) is 3.65. The molecule has 0 amide bonds. The molecule has 2 aliphatic carbocycles. The van der Waals surface area contributed by atoms with Crippen molar-refractivity contribution in [1.82, 2.24) is 9.97 Å². The number of rotatable bonds is 8. The first kappa shape index (κ1) is 42.7. The molecule has 0 N–H and O–H groups in total. The summed E-state index contributed by atoms with van der Waals surface area (Å²) in [5.74, 6) is 0.670. The summed E-state index contributed by atoms with van der Waals surface area (Å²) in [6, 6.07) is 46.0. The maximum absolute atomic E-state index is 6.52. The summed E-state index contributed by atoms with van der Waals surface area (Å²) in [7, 11) is -1.37. The molecule has 0 saturated carbocycles. The molecule has 3 aromatic heterocycles. The van der Waals surface area contributed by atoms with Gasteiger partial charge in [0.25, 0.3) is 0 Å². The van der Waals surface area contributed by atoms with Gasteiger partial charge in [-0.2, -0.15) is 0 Å². The molecule has 61 heavy (non-hydrogen) atoms. The van der Waals surface area contributed by atoms with E-state index in [2.05, 4.69) is 155 Å². The number of aromatic nitrogens is 2. The maximum atomic E-state index is 6.52. The minimum Gasteiger partial charge on any atom is -0.501 e. The fraction of sp³-hybridized carbons (Fsp3) is 0.286. The molecule has 3 heterocycles. The standard InChI is InChI=1S/C34H26NO.C22H30NSi.Ir/c1-2-7-23(8-3-1)21-24-13-15-25(16-14-24)27-17-18-29-30-11-6-12-31(34(30)36-32(29)22-27)33-28-10-5-4-9-26(28)19-20-35-33;1-16(2)13-18-14-21(23-15-22(18)24(3,4)5)20-12-8-10-17-9-6-7-11-19(17)20;/h1-3,6-8,11,13-20,22H,4-5,9-10,21H2;8,10,14-16H,6-7,9,11,13H2,1-5H3;/q2*-1;. The molecule has 3 nitrogen and oxygen atoms in total. The van der Waals surface area contributed by atoms with Gasteiger partial charge in [0.05, 0.1) is 13.7 Å². The van der Waals surface area contributed by atoms with Crippen molar-refractivity contribution in [2.75, 3.05) is 0 Å². The number of furan rings is 1. The van der Waals surface area contributed by atoms with E-state index >= 15 is 0 Å². The topological polar surface area (TPSA) is 38.9 Å². The Morgan fingerprint density at radius 3 is 2.08 bits per heavy atom. The predicted octanol–water partition coefficient (Wildman–Crippen LogP) is 13.8. The molecule has 5 heteroatoms. The molecule has 0 bridgehead atoms. The van der Waals surface area contributed by atoms with Crippen LogP contribution in [0.15, 0.2) is 126 Å². The van der Waals surface area contributed by atoms with E-state index in [0.29, 0.717) is 5.92 Å². The Bertz CT molecular complexity index is 2780. The molecule has 8 aromatic rings. The van der Waals surface area contributed by atoms with E-state index in [0.717, 1.165) is 70.1 Å². The molecule has 2 aliphatic rings. The van der Waals surface area contributed by atoms with E-state index in [9.17, 15) is 0 Å². The Labute approximate surface area is 377 Å². The number of aryl methyl sites for hydroxylation is 2. The van der Waals surface area contributed by atoms with E-state index in [4.69, 9.17) is 14.4 Å². The van der Waals surface area contributed by atoms with Gasteiger partial charge in [-0.05, 0) is 102 Å². The van der Waals surface area contributed by atoms with Gasteiger partial charge in [0, 0.05) is 37.9 Å². The zero-order chi connectivity index (χ0) is 41.2. The van der Waals surface area contributed by atoms with Crippen LogP contribution in [0.5, 0.6) is 0 Å². The Kier molecular flexibility index (Phi) is 13.0. The van der Waals surface area contributed by atoms with Gasteiger partial charge in [0.15, 0.2) is 0 Å². The Balaban J connectivity index is 0.000000180. The van der Waals surface area contributed by atoms with Gasteiger partial charge in [-0.25, -0.2) is 0 Å². The van der Waals surface area contributed by atoms with Crippen LogP contribution in [-0.2, 0) is 58.6 Å². The van der Waals surface area contributed by atoms with Gasteiger partial charge in [0.2, 0.25) is 0 Å². The molecule has 0 spiro atoms. The van der Waals surface area contributed by atoms with Crippen molar-refractivity contribution in [3.8, 4) is 33.6 Å². The number of fused-ring (bicyclic) bond motifs is 5. The van der Waals surface area contributed by atoms with Crippen LogP contribution in [0.25, 0.3) is 55.6 Å². The first-order valence-electron chi connectivity index (χ1n) is 22.2. The monoisotopic (exact) mass is 993 g/mol. The van der Waals surface area contributed by atoms with Crippen LogP contribution in [0, 0.1) is 18.1 Å². The molecule has 0 fully saturated rings. The zero-order valence-electron chi connectivity index (χ0n) is 36.3. The largest absolute Gasteiger partial charge is 0.501 e. The average molecular weight is 993 g/mol. The number of benzene rings is 5. The van der Waals surface area contributed by atoms with Gasteiger partial charge in [0.1, 0.15) is 5.58 Å². The molecule has 5 aromatic carbocycles. The van der Waals surface area contributed by atoms with Crippen LogP contribution < -0.4 is 5.19 Å². The molecule has 0 saturated heterocycles.